The molecule has 3 heteroatoms. The lowest BCUT2D eigenvalue weighted by Gasteiger charge is -2.20. The van der Waals surface area contributed by atoms with E-state index in [1.165, 1.54) is 25.7 Å². The Kier molecular flexibility index (Phi) is 3.78. The lowest BCUT2D eigenvalue weighted by Crippen LogP contribution is -2.45. The Morgan fingerprint density at radius 1 is 1.43 bits per heavy atom. The first kappa shape index (κ1) is 11.3. The van der Waals surface area contributed by atoms with Crippen LogP contribution in [-0.4, -0.2) is 18.0 Å². The second-order valence-electron chi connectivity index (χ2n) is 5.23. The van der Waals surface area contributed by atoms with Crippen molar-refractivity contribution in [3.8, 4) is 0 Å². The Labute approximate surface area is 87.2 Å². The van der Waals surface area contributed by atoms with E-state index >= 15 is 0 Å². The Morgan fingerprint density at radius 3 is 2.57 bits per heavy atom. The molecular weight excluding hydrogens is 174 g/mol. The molecule has 14 heavy (non-hydrogen) atoms. The highest BCUT2D eigenvalue weighted by Gasteiger charge is 2.19. The third-order valence-corrected chi connectivity index (χ3v) is 2.25. The van der Waals surface area contributed by atoms with Crippen LogP contribution in [0.5, 0.6) is 0 Å². The van der Waals surface area contributed by atoms with Crippen molar-refractivity contribution in [2.24, 2.45) is 16.6 Å². The minimum absolute atomic E-state index is 0.0179. The van der Waals surface area contributed by atoms with E-state index in [0.29, 0.717) is 5.96 Å². The number of nitrogens with two attached hydrogens (primary N) is 1. The van der Waals surface area contributed by atoms with Gasteiger partial charge in [-0.25, -0.2) is 0 Å². The third-order valence-electron chi connectivity index (χ3n) is 2.25. The third kappa shape index (κ3) is 5.84. The normalized spacial score (nSPS) is 18.4. The minimum Gasteiger partial charge on any atom is -0.370 e. The molecule has 0 spiro atoms. The van der Waals surface area contributed by atoms with Crippen LogP contribution in [0.1, 0.15) is 46.5 Å². The molecule has 0 unspecified atom stereocenters. The zero-order valence-electron chi connectivity index (χ0n) is 9.64. The first-order chi connectivity index (χ1) is 6.47. The smallest absolute Gasteiger partial charge is 0.188 e. The van der Waals surface area contributed by atoms with Gasteiger partial charge in [0.15, 0.2) is 5.96 Å². The van der Waals surface area contributed by atoms with Gasteiger partial charge in [0.05, 0.1) is 0 Å². The van der Waals surface area contributed by atoms with Gasteiger partial charge < -0.3 is 11.1 Å². The van der Waals surface area contributed by atoms with Crippen molar-refractivity contribution in [2.75, 3.05) is 6.54 Å². The summed E-state index contributed by atoms with van der Waals surface area (Å²) in [4.78, 5) is 4.29. The maximum atomic E-state index is 5.73. The zero-order valence-corrected chi connectivity index (χ0v) is 9.64. The molecule has 1 aliphatic carbocycles. The molecule has 0 heterocycles. The van der Waals surface area contributed by atoms with Crippen molar-refractivity contribution < 1.29 is 0 Å². The summed E-state index contributed by atoms with van der Waals surface area (Å²) < 4.78 is 0. The highest BCUT2D eigenvalue weighted by Crippen LogP contribution is 2.33. The summed E-state index contributed by atoms with van der Waals surface area (Å²) in [6, 6.07) is 0. The van der Waals surface area contributed by atoms with Gasteiger partial charge in [-0.3, -0.25) is 4.99 Å². The van der Waals surface area contributed by atoms with Crippen LogP contribution in [0.4, 0.5) is 0 Å². The van der Waals surface area contributed by atoms with Gasteiger partial charge in [-0.05, 0) is 39.5 Å². The number of aliphatic imine (C=N–C) groups is 1. The summed E-state index contributed by atoms with van der Waals surface area (Å²) in [7, 11) is 0. The summed E-state index contributed by atoms with van der Waals surface area (Å²) in [5.74, 6) is 1.58. The van der Waals surface area contributed by atoms with E-state index in [0.717, 1.165) is 12.5 Å². The Morgan fingerprint density at radius 2 is 2.07 bits per heavy atom. The van der Waals surface area contributed by atoms with E-state index in [9.17, 15) is 0 Å². The first-order valence-corrected chi connectivity index (χ1v) is 5.55. The van der Waals surface area contributed by atoms with Gasteiger partial charge in [0, 0.05) is 12.1 Å². The van der Waals surface area contributed by atoms with Crippen molar-refractivity contribution in [1.29, 1.82) is 0 Å². The predicted molar refractivity (Wildman–Crippen MR) is 61.3 cm³/mol. The molecule has 82 valence electrons. The number of hydrogen-bond acceptors (Lipinski definition) is 1. The van der Waals surface area contributed by atoms with Crippen molar-refractivity contribution in [3.63, 3.8) is 0 Å². The number of rotatable bonds is 4. The van der Waals surface area contributed by atoms with Crippen LogP contribution < -0.4 is 11.1 Å². The molecular formula is C11H23N3. The second-order valence-corrected chi connectivity index (χ2v) is 5.23. The average molecular weight is 197 g/mol. The van der Waals surface area contributed by atoms with Crippen LogP contribution in [0.25, 0.3) is 0 Å². The van der Waals surface area contributed by atoms with Gasteiger partial charge in [-0.15, -0.1) is 0 Å². The lowest BCUT2D eigenvalue weighted by molar-refractivity contribution is 0.507. The molecule has 1 aliphatic rings. The summed E-state index contributed by atoms with van der Waals surface area (Å²) in [5, 5.41) is 3.15. The molecule has 1 rings (SSSR count). The van der Waals surface area contributed by atoms with Crippen molar-refractivity contribution in [3.05, 3.63) is 0 Å². The molecule has 0 aromatic carbocycles. The van der Waals surface area contributed by atoms with Gasteiger partial charge in [-0.2, -0.15) is 0 Å². The van der Waals surface area contributed by atoms with Gasteiger partial charge in [0.25, 0.3) is 0 Å². The van der Waals surface area contributed by atoms with E-state index in [2.05, 4.69) is 31.1 Å². The SMILES string of the molecule is CC(C)(C)NC(N)=NCCCC1CC1. The Bertz CT molecular complexity index is 199. The molecule has 0 aromatic heterocycles. The molecule has 0 aromatic rings. The van der Waals surface area contributed by atoms with E-state index in [4.69, 9.17) is 5.73 Å². The molecule has 3 nitrogen and oxygen atoms in total. The van der Waals surface area contributed by atoms with Crippen LogP contribution in [0.3, 0.4) is 0 Å². The summed E-state index contributed by atoms with van der Waals surface area (Å²) in [6.45, 7) is 7.12. The van der Waals surface area contributed by atoms with Crippen LogP contribution in [-0.2, 0) is 0 Å². The van der Waals surface area contributed by atoms with E-state index < -0.39 is 0 Å². The summed E-state index contributed by atoms with van der Waals surface area (Å²) in [5.41, 5.74) is 5.75. The standard InChI is InChI=1S/C11H23N3/c1-11(2,3)14-10(12)13-8-4-5-9-6-7-9/h9H,4-8H2,1-3H3,(H3,12,13,14). The van der Waals surface area contributed by atoms with Crippen LogP contribution >= 0.6 is 0 Å². The van der Waals surface area contributed by atoms with Crippen molar-refractivity contribution in [2.45, 2.75) is 52.0 Å². The molecule has 1 saturated carbocycles. The highest BCUT2D eigenvalue weighted by molar-refractivity contribution is 5.78. The number of nitrogens with zero attached hydrogens (tertiary/aromatic N) is 1. The van der Waals surface area contributed by atoms with Crippen LogP contribution in [0.15, 0.2) is 4.99 Å². The van der Waals surface area contributed by atoms with Gasteiger partial charge in [-0.1, -0.05) is 12.8 Å². The maximum absolute atomic E-state index is 5.73. The predicted octanol–water partition coefficient (Wildman–Crippen LogP) is 1.88. The number of nitrogens with one attached hydrogen (secondary N) is 1. The topological polar surface area (TPSA) is 50.4 Å². The summed E-state index contributed by atoms with van der Waals surface area (Å²) in [6.07, 6.45) is 5.36. The molecule has 1 fully saturated rings. The monoisotopic (exact) mass is 197 g/mol. The maximum Gasteiger partial charge on any atom is 0.188 e. The van der Waals surface area contributed by atoms with E-state index in [-0.39, 0.29) is 5.54 Å². The zero-order chi connectivity index (χ0) is 10.6. The molecule has 3 N–H and O–H groups in total. The quantitative estimate of drug-likeness (QED) is 0.411. The van der Waals surface area contributed by atoms with Crippen LogP contribution in [0.2, 0.25) is 0 Å². The first-order valence-electron chi connectivity index (χ1n) is 5.55. The molecule has 0 radical (unpaired) electrons. The second kappa shape index (κ2) is 4.67. The fourth-order valence-electron chi connectivity index (χ4n) is 1.41. The lowest BCUT2D eigenvalue weighted by atomic mass is 10.1. The van der Waals surface area contributed by atoms with E-state index in [1.54, 1.807) is 0 Å². The number of guanidine groups is 1. The minimum atomic E-state index is 0.0179. The molecule has 0 saturated heterocycles. The molecule has 0 atom stereocenters. The van der Waals surface area contributed by atoms with Crippen molar-refractivity contribution in [1.82, 2.24) is 5.32 Å². The molecule has 0 amide bonds. The van der Waals surface area contributed by atoms with Crippen molar-refractivity contribution >= 4 is 5.96 Å². The molecule has 0 bridgehead atoms. The van der Waals surface area contributed by atoms with Gasteiger partial charge in [0.1, 0.15) is 0 Å². The average Bonchev–Trinajstić information content (AvgIpc) is 2.77. The Hall–Kier alpha value is -0.730. The molecule has 0 aliphatic heterocycles. The van der Waals surface area contributed by atoms with Gasteiger partial charge in [0.2, 0.25) is 0 Å². The highest BCUT2D eigenvalue weighted by atomic mass is 15.1. The fourth-order valence-corrected chi connectivity index (χ4v) is 1.41. The Balaban J connectivity index is 2.08. The van der Waals surface area contributed by atoms with E-state index in [1.807, 2.05) is 0 Å². The van der Waals surface area contributed by atoms with Crippen LogP contribution in [0, 0.1) is 5.92 Å². The number of hydrogen-bond donors (Lipinski definition) is 2. The largest absolute Gasteiger partial charge is 0.370 e. The summed E-state index contributed by atoms with van der Waals surface area (Å²) >= 11 is 0. The fraction of sp³-hybridized carbons (Fsp3) is 0.909. The van der Waals surface area contributed by atoms with Gasteiger partial charge >= 0.3 is 0 Å².